The van der Waals surface area contributed by atoms with Crippen LogP contribution in [0.15, 0.2) is 30.9 Å². The number of alkyl halides is 3. The summed E-state index contributed by atoms with van der Waals surface area (Å²) in [6, 6.07) is 5.59. The van der Waals surface area contributed by atoms with Crippen molar-refractivity contribution in [3.8, 4) is 5.75 Å². The number of allylic oxidation sites excluding steroid dienone is 1. The number of aryl methyl sites for hydroxylation is 1. The molecule has 3 aliphatic rings. The second-order valence-corrected chi connectivity index (χ2v) is 10.6. The van der Waals surface area contributed by atoms with Crippen LogP contribution in [-0.4, -0.2) is 33.7 Å². The van der Waals surface area contributed by atoms with Crippen LogP contribution in [0.1, 0.15) is 75.3 Å². The van der Waals surface area contributed by atoms with E-state index in [-0.39, 0.29) is 40.9 Å². The predicted octanol–water partition coefficient (Wildman–Crippen LogP) is 5.88. The molecule has 4 rings (SSSR count). The van der Waals surface area contributed by atoms with Gasteiger partial charge in [-0.1, -0.05) is 31.9 Å². The van der Waals surface area contributed by atoms with E-state index in [2.05, 4.69) is 19.6 Å². The van der Waals surface area contributed by atoms with Gasteiger partial charge in [-0.2, -0.15) is 13.2 Å². The first kappa shape index (κ1) is 23.6. The maximum absolute atomic E-state index is 12.7. The highest BCUT2D eigenvalue weighted by atomic mass is 19.4. The van der Waals surface area contributed by atoms with E-state index in [0.717, 1.165) is 44.1 Å². The molecule has 3 aliphatic carbocycles. The number of aliphatic hydroxyl groups is 2. The molecule has 0 bridgehead atoms. The first-order valence-electron chi connectivity index (χ1n) is 11.9. The van der Waals surface area contributed by atoms with E-state index in [1.807, 2.05) is 12.1 Å². The summed E-state index contributed by atoms with van der Waals surface area (Å²) in [5.74, 6) is 0.955. The van der Waals surface area contributed by atoms with Gasteiger partial charge in [-0.3, -0.25) is 0 Å². The number of benzene rings is 1. The van der Waals surface area contributed by atoms with E-state index in [9.17, 15) is 28.5 Å². The van der Waals surface area contributed by atoms with Gasteiger partial charge in [-0.15, -0.1) is 6.58 Å². The zero-order chi connectivity index (χ0) is 23.3. The lowest BCUT2D eigenvalue weighted by atomic mass is 9.44. The van der Waals surface area contributed by atoms with E-state index >= 15 is 0 Å². The van der Waals surface area contributed by atoms with Crippen molar-refractivity contribution in [2.24, 2.45) is 22.7 Å². The summed E-state index contributed by atoms with van der Waals surface area (Å²) < 4.78 is 38.0. The van der Waals surface area contributed by atoms with Crippen LogP contribution in [0.4, 0.5) is 13.2 Å². The number of unbranched alkanes of at least 4 members (excludes halogenated alkanes) is 1. The smallest absolute Gasteiger partial charge is 0.414 e. The molecule has 178 valence electrons. The Labute approximate surface area is 188 Å². The van der Waals surface area contributed by atoms with Crippen LogP contribution < -0.4 is 0 Å². The molecule has 3 N–H and O–H groups in total. The van der Waals surface area contributed by atoms with E-state index in [1.165, 1.54) is 5.56 Å². The normalized spacial score (nSPS) is 37.3. The molecule has 0 aliphatic heterocycles. The van der Waals surface area contributed by atoms with Gasteiger partial charge in [0, 0.05) is 0 Å². The van der Waals surface area contributed by atoms with E-state index in [1.54, 1.807) is 6.07 Å². The number of phenols is 1. The van der Waals surface area contributed by atoms with Crippen LogP contribution in [0.3, 0.4) is 0 Å². The van der Waals surface area contributed by atoms with Crippen LogP contribution in [-0.2, 0) is 6.42 Å². The molecule has 7 atom stereocenters. The summed E-state index contributed by atoms with van der Waals surface area (Å²) in [6.45, 7) is 6.44. The Morgan fingerprint density at radius 1 is 1.25 bits per heavy atom. The minimum atomic E-state index is -4.57. The Hall–Kier alpha value is -1.53. The summed E-state index contributed by atoms with van der Waals surface area (Å²) in [5.41, 5.74) is 1.98. The number of fused-ring (bicyclic) bond motifs is 5. The molecule has 0 unspecified atom stereocenters. The van der Waals surface area contributed by atoms with Crippen molar-refractivity contribution < 1.29 is 28.5 Å². The molecule has 0 heterocycles. The van der Waals surface area contributed by atoms with Gasteiger partial charge in [0.05, 0.1) is 6.10 Å². The van der Waals surface area contributed by atoms with Crippen molar-refractivity contribution >= 4 is 0 Å². The quantitative estimate of drug-likeness (QED) is 0.373. The van der Waals surface area contributed by atoms with Crippen molar-refractivity contribution in [3.63, 3.8) is 0 Å². The van der Waals surface area contributed by atoms with Crippen LogP contribution in [0.5, 0.6) is 5.75 Å². The Bertz CT molecular complexity index is 853. The summed E-state index contributed by atoms with van der Waals surface area (Å²) in [5, 5.41) is 30.3. The largest absolute Gasteiger partial charge is 0.508 e. The molecule has 0 aromatic heterocycles. The molecular formula is C26H35F3O3. The molecule has 32 heavy (non-hydrogen) atoms. The number of phenolic OH excluding ortho intramolecular Hbond substituents is 1. The van der Waals surface area contributed by atoms with Gasteiger partial charge < -0.3 is 15.3 Å². The average Bonchev–Trinajstić information content (AvgIpc) is 3.04. The topological polar surface area (TPSA) is 60.7 Å². The average molecular weight is 453 g/mol. The number of rotatable bonds is 6. The second kappa shape index (κ2) is 8.35. The molecule has 1 aromatic carbocycles. The molecule has 2 fully saturated rings. The van der Waals surface area contributed by atoms with Crippen molar-refractivity contribution in [1.29, 1.82) is 0 Å². The maximum atomic E-state index is 12.7. The van der Waals surface area contributed by atoms with Gasteiger partial charge in [0.25, 0.3) is 0 Å². The molecule has 0 saturated heterocycles. The fraction of sp³-hybridized carbons (Fsp3) is 0.692. The zero-order valence-corrected chi connectivity index (χ0v) is 18.7. The lowest BCUT2D eigenvalue weighted by Gasteiger charge is -2.60. The number of hydrogen-bond acceptors (Lipinski definition) is 3. The summed E-state index contributed by atoms with van der Waals surface area (Å²) >= 11 is 0. The highest BCUT2D eigenvalue weighted by Gasteiger charge is 2.63. The third kappa shape index (κ3) is 3.77. The van der Waals surface area contributed by atoms with E-state index in [4.69, 9.17) is 0 Å². The monoisotopic (exact) mass is 452 g/mol. The van der Waals surface area contributed by atoms with Gasteiger partial charge in [0.1, 0.15) is 11.9 Å². The first-order valence-corrected chi connectivity index (χ1v) is 11.9. The van der Waals surface area contributed by atoms with Crippen LogP contribution in [0.25, 0.3) is 0 Å². The summed E-state index contributed by atoms with van der Waals surface area (Å²) in [4.78, 5) is 0. The second-order valence-electron chi connectivity index (χ2n) is 10.6. The highest BCUT2D eigenvalue weighted by Crippen LogP contribution is 2.69. The van der Waals surface area contributed by atoms with Crippen molar-refractivity contribution in [3.05, 3.63) is 42.0 Å². The lowest BCUT2D eigenvalue weighted by molar-refractivity contribution is -0.205. The third-order valence-electron chi connectivity index (χ3n) is 9.04. The van der Waals surface area contributed by atoms with Gasteiger partial charge in [0.15, 0.2) is 0 Å². The van der Waals surface area contributed by atoms with Crippen molar-refractivity contribution in [2.45, 2.75) is 89.0 Å². The van der Waals surface area contributed by atoms with Crippen LogP contribution in [0, 0.1) is 22.7 Å². The van der Waals surface area contributed by atoms with Gasteiger partial charge in [-0.25, -0.2) is 0 Å². The summed E-state index contributed by atoms with van der Waals surface area (Å²) in [7, 11) is 0. The minimum Gasteiger partial charge on any atom is -0.508 e. The molecular weight excluding hydrogens is 417 g/mol. The Morgan fingerprint density at radius 2 is 2.00 bits per heavy atom. The number of halogens is 3. The zero-order valence-electron chi connectivity index (χ0n) is 18.7. The molecule has 0 spiro atoms. The fourth-order valence-electron chi connectivity index (χ4n) is 7.60. The molecule has 3 nitrogen and oxygen atoms in total. The maximum Gasteiger partial charge on any atom is 0.414 e. The fourth-order valence-corrected chi connectivity index (χ4v) is 7.60. The molecule has 1 aromatic rings. The lowest BCUT2D eigenvalue weighted by Crippen LogP contribution is -2.54. The summed E-state index contributed by atoms with van der Waals surface area (Å²) in [6.07, 6.45) is 0.612. The van der Waals surface area contributed by atoms with Crippen LogP contribution >= 0.6 is 0 Å². The minimum absolute atomic E-state index is 0.162. The predicted molar refractivity (Wildman–Crippen MR) is 117 cm³/mol. The molecule has 0 radical (unpaired) electrons. The number of hydrogen-bond donors (Lipinski definition) is 3. The number of aromatic hydroxyl groups is 1. The highest BCUT2D eigenvalue weighted by molar-refractivity contribution is 5.43. The first-order chi connectivity index (χ1) is 15.0. The number of aliphatic hydroxyl groups excluding tert-OH is 2. The third-order valence-corrected chi connectivity index (χ3v) is 9.04. The Morgan fingerprint density at radius 3 is 2.69 bits per heavy atom. The molecule has 2 saturated carbocycles. The SMILES string of the molecule is C=C[C@]12CCc3cc(O)ccc3[C@H]1[C@@H](CCCC[C@@H](O)C(F)(F)F)C[C@@]1(C)[C@H]2CC[C@@H]1O. The Balaban J connectivity index is 1.63. The van der Waals surface area contributed by atoms with Crippen molar-refractivity contribution in [2.75, 3.05) is 0 Å². The van der Waals surface area contributed by atoms with Gasteiger partial charge in [0.2, 0.25) is 0 Å². The van der Waals surface area contributed by atoms with Crippen molar-refractivity contribution in [1.82, 2.24) is 0 Å². The van der Waals surface area contributed by atoms with Gasteiger partial charge in [-0.05, 0) is 96.8 Å². The molecule has 0 amide bonds. The van der Waals surface area contributed by atoms with Crippen LogP contribution in [0.2, 0.25) is 0 Å². The Kier molecular flexibility index (Phi) is 6.17. The van der Waals surface area contributed by atoms with E-state index in [0.29, 0.717) is 18.8 Å². The molecule has 6 heteroatoms. The standard InChI is InChI=1S/C26H35F3O3/c1-3-25-13-12-16-14-18(30)8-9-19(16)23(25)17(6-4-5-7-22(32)26(27,28)29)15-24(2)20(25)10-11-21(24)31/h3,8-9,14,17,20-23,30-32H,1,4-7,10-13,15H2,2H3/t17-,20+,21-,22+,23+,24-,25+/m0/s1. The van der Waals surface area contributed by atoms with E-state index < -0.39 is 12.3 Å². The van der Waals surface area contributed by atoms with Gasteiger partial charge >= 0.3 is 6.18 Å².